The maximum absolute atomic E-state index is 14.3. The van der Waals surface area contributed by atoms with Crippen molar-refractivity contribution in [1.82, 2.24) is 19.8 Å². The highest BCUT2D eigenvalue weighted by Gasteiger charge is 2.35. The third-order valence-corrected chi connectivity index (χ3v) is 8.48. The van der Waals surface area contributed by atoms with E-state index in [9.17, 15) is 13.6 Å². The topological polar surface area (TPSA) is 87.5 Å². The predicted molar refractivity (Wildman–Crippen MR) is 153 cm³/mol. The second-order valence-corrected chi connectivity index (χ2v) is 11.1. The number of piperidine rings is 1. The number of aromatic amines is 1. The Labute approximate surface area is 236 Å². The molecule has 3 N–H and O–H groups in total. The molecule has 1 aliphatic carbocycles. The molecule has 0 bridgehead atoms. The van der Waals surface area contributed by atoms with Crippen LogP contribution in [0.15, 0.2) is 66.0 Å². The molecule has 1 unspecified atom stereocenters. The van der Waals surface area contributed by atoms with Crippen LogP contribution in [0, 0.1) is 11.6 Å². The Hall–Kier alpha value is -4.40. The van der Waals surface area contributed by atoms with E-state index in [-0.39, 0.29) is 18.2 Å². The van der Waals surface area contributed by atoms with Crippen molar-refractivity contribution in [2.75, 3.05) is 25.4 Å². The first-order valence-corrected chi connectivity index (χ1v) is 14.1. The molecule has 1 atom stereocenters. The van der Waals surface area contributed by atoms with Gasteiger partial charge in [-0.3, -0.25) is 4.79 Å². The summed E-state index contributed by atoms with van der Waals surface area (Å²) in [5.41, 5.74) is 12.7. The number of likely N-dealkylation sites (tertiary alicyclic amines) is 1. The van der Waals surface area contributed by atoms with Crippen molar-refractivity contribution in [3.05, 3.63) is 88.8 Å². The number of halogens is 2. The van der Waals surface area contributed by atoms with E-state index in [1.165, 1.54) is 11.6 Å². The molecule has 0 spiro atoms. The number of nitrogens with one attached hydrogen (secondary N) is 1. The highest BCUT2D eigenvalue weighted by Crippen LogP contribution is 2.41. The van der Waals surface area contributed by atoms with Crippen molar-refractivity contribution in [2.45, 2.75) is 44.7 Å². The zero-order valence-electron chi connectivity index (χ0n) is 22.6. The van der Waals surface area contributed by atoms with Gasteiger partial charge in [0.2, 0.25) is 0 Å². The minimum Gasteiger partial charge on any atom is -0.491 e. The number of H-pyrrole nitrogens is 1. The van der Waals surface area contributed by atoms with Gasteiger partial charge in [-0.15, -0.1) is 0 Å². The van der Waals surface area contributed by atoms with Gasteiger partial charge in [-0.2, -0.15) is 0 Å². The molecular weight excluding hydrogens is 524 g/mol. The number of ether oxygens (including phenoxy) is 1. The number of hydrogen-bond acceptors (Lipinski definition) is 6. The van der Waals surface area contributed by atoms with E-state index in [4.69, 9.17) is 10.5 Å². The lowest BCUT2D eigenvalue weighted by Gasteiger charge is -2.45. The molecule has 3 heterocycles. The summed E-state index contributed by atoms with van der Waals surface area (Å²) in [5.74, 6) is 0.716. The van der Waals surface area contributed by atoms with Gasteiger partial charge in [-0.1, -0.05) is 18.2 Å². The Morgan fingerprint density at radius 1 is 0.976 bits per heavy atom. The van der Waals surface area contributed by atoms with E-state index < -0.39 is 11.6 Å². The van der Waals surface area contributed by atoms with Crippen molar-refractivity contribution < 1.29 is 18.3 Å². The number of rotatable bonds is 4. The van der Waals surface area contributed by atoms with Crippen molar-refractivity contribution in [3.8, 4) is 16.9 Å². The predicted octanol–water partition coefficient (Wildman–Crippen LogP) is 6.09. The quantitative estimate of drug-likeness (QED) is 0.317. The van der Waals surface area contributed by atoms with Crippen molar-refractivity contribution >= 4 is 22.8 Å². The maximum Gasteiger partial charge on any atom is 0.198 e. The van der Waals surface area contributed by atoms with Gasteiger partial charge >= 0.3 is 0 Å². The van der Waals surface area contributed by atoms with Crippen molar-refractivity contribution in [3.63, 3.8) is 0 Å². The number of imidazole rings is 1. The van der Waals surface area contributed by atoms with E-state index in [0.717, 1.165) is 64.6 Å². The molecule has 2 fully saturated rings. The summed E-state index contributed by atoms with van der Waals surface area (Å²) in [7, 11) is 0. The monoisotopic (exact) mass is 555 g/mol. The second kappa shape index (κ2) is 10.2. The number of carbonyl (C=O) groups is 1. The first-order chi connectivity index (χ1) is 19.9. The fraction of sp³-hybridized carbons (Fsp3) is 0.312. The molecule has 1 saturated heterocycles. The van der Waals surface area contributed by atoms with E-state index in [2.05, 4.69) is 38.0 Å². The van der Waals surface area contributed by atoms with Crippen LogP contribution in [0.5, 0.6) is 5.75 Å². The van der Waals surface area contributed by atoms with Crippen LogP contribution in [-0.2, 0) is 11.3 Å². The van der Waals surface area contributed by atoms with Gasteiger partial charge in [-0.25, -0.2) is 13.8 Å². The number of allylic oxidation sites excluding steroid dienone is 1. The number of carbonyl (C=O) groups excluding carboxylic acids is 1. The minimum absolute atomic E-state index is 0.138. The second-order valence-electron chi connectivity index (χ2n) is 11.1. The van der Waals surface area contributed by atoms with E-state index in [0.29, 0.717) is 44.2 Å². The van der Waals surface area contributed by atoms with E-state index >= 15 is 0 Å². The molecule has 0 amide bonds. The molecule has 1 aromatic heterocycles. The molecule has 2 aliphatic heterocycles. The molecule has 1 saturated carbocycles. The van der Waals surface area contributed by atoms with Gasteiger partial charge in [0.25, 0.3) is 0 Å². The number of Topliss-reactive ketones (excluding diaryl/α,β-unsaturated/α-hetero) is 1. The highest BCUT2D eigenvalue weighted by atomic mass is 19.2. The minimum atomic E-state index is -0.890. The Kier molecular flexibility index (Phi) is 6.37. The molecule has 3 aliphatic rings. The van der Waals surface area contributed by atoms with Crippen LogP contribution in [0.3, 0.4) is 0 Å². The van der Waals surface area contributed by atoms with E-state index in [1.807, 2.05) is 18.2 Å². The van der Waals surface area contributed by atoms with E-state index in [1.54, 1.807) is 6.07 Å². The summed E-state index contributed by atoms with van der Waals surface area (Å²) in [4.78, 5) is 24.6. The summed E-state index contributed by atoms with van der Waals surface area (Å²) in [5, 5.41) is 0. The first kappa shape index (κ1) is 25.6. The van der Waals surface area contributed by atoms with Gasteiger partial charge in [0.1, 0.15) is 24.0 Å². The average molecular weight is 556 g/mol. The van der Waals surface area contributed by atoms with Crippen molar-refractivity contribution in [2.24, 2.45) is 0 Å². The summed E-state index contributed by atoms with van der Waals surface area (Å²) in [6, 6.07) is 16.0. The maximum atomic E-state index is 14.3. The van der Waals surface area contributed by atoms with Crippen molar-refractivity contribution in [1.29, 1.82) is 0 Å². The van der Waals surface area contributed by atoms with Gasteiger partial charge in [0, 0.05) is 31.5 Å². The average Bonchev–Trinajstić information content (AvgIpc) is 3.18. The fourth-order valence-electron chi connectivity index (χ4n) is 6.25. The molecular formula is C32H31F2N5O2. The number of fused-ring (bicyclic) bond motifs is 2. The van der Waals surface area contributed by atoms with Crippen LogP contribution in [0.4, 0.5) is 14.7 Å². The molecule has 210 valence electrons. The summed E-state index contributed by atoms with van der Waals surface area (Å²) in [6.45, 7) is 2.37. The third kappa shape index (κ3) is 4.79. The number of nitrogens with zero attached hydrogens (tertiary/aromatic N) is 3. The summed E-state index contributed by atoms with van der Waals surface area (Å²) < 4.78 is 34.3. The fourth-order valence-corrected chi connectivity index (χ4v) is 6.25. The number of nitrogen functional groups attached to an aromatic ring is 1. The summed E-state index contributed by atoms with van der Waals surface area (Å²) >= 11 is 0. The SMILES string of the molecule is Nc1nc2ccc(-c3ccc4c(c3)CN(C(=C3CCC3)N3CCC(=O)CC3c3ccc(F)c(F)c3)CCO4)cc2[nH]1. The molecule has 7 nitrogen and oxygen atoms in total. The number of anilines is 1. The standard InChI is InChI=1S/C32H31F2N5O2/c33-25-7-4-22(15-26(25)34)29-17-24(40)10-11-39(29)31(19-2-1-3-19)38-12-13-41-30-9-6-20(14-23(30)18-38)21-5-8-27-28(16-21)37-32(35)36-27/h4-9,14-16,29H,1-3,10-13,17-18H2,(H3,35,36,37). The lowest BCUT2D eigenvalue weighted by Crippen LogP contribution is -2.44. The van der Waals surface area contributed by atoms with Gasteiger partial charge in [-0.05, 0) is 77.9 Å². The molecule has 9 heteroatoms. The highest BCUT2D eigenvalue weighted by molar-refractivity contribution is 5.83. The molecule has 4 aromatic rings. The first-order valence-electron chi connectivity index (χ1n) is 14.1. The zero-order valence-corrected chi connectivity index (χ0v) is 22.6. The molecule has 41 heavy (non-hydrogen) atoms. The van der Waals surface area contributed by atoms with Gasteiger partial charge in [0.05, 0.1) is 23.6 Å². The number of aromatic nitrogens is 2. The smallest absolute Gasteiger partial charge is 0.198 e. The third-order valence-electron chi connectivity index (χ3n) is 8.48. The zero-order chi connectivity index (χ0) is 28.1. The van der Waals surface area contributed by atoms with Gasteiger partial charge < -0.3 is 25.3 Å². The van der Waals surface area contributed by atoms with Crippen LogP contribution >= 0.6 is 0 Å². The van der Waals surface area contributed by atoms with Crippen LogP contribution in [-0.4, -0.2) is 45.2 Å². The number of nitrogens with two attached hydrogens (primary N) is 1. The lowest BCUT2D eigenvalue weighted by atomic mass is 9.88. The van der Waals surface area contributed by atoms with Gasteiger partial charge in [0.15, 0.2) is 17.6 Å². The normalized spacial score (nSPS) is 19.0. The molecule has 0 radical (unpaired) electrons. The number of hydrogen-bond donors (Lipinski definition) is 2. The number of benzene rings is 3. The summed E-state index contributed by atoms with van der Waals surface area (Å²) in [6.07, 6.45) is 3.80. The number of ketones is 1. The Morgan fingerprint density at radius 3 is 2.61 bits per heavy atom. The van der Waals surface area contributed by atoms with Crippen LogP contribution < -0.4 is 10.5 Å². The van der Waals surface area contributed by atoms with Crippen LogP contribution in [0.2, 0.25) is 0 Å². The Morgan fingerprint density at radius 2 is 1.80 bits per heavy atom. The Bertz CT molecular complexity index is 1690. The largest absolute Gasteiger partial charge is 0.491 e. The van der Waals surface area contributed by atoms with Crippen LogP contribution in [0.1, 0.15) is 49.3 Å². The Balaban J connectivity index is 1.24. The van der Waals surface area contributed by atoms with Crippen LogP contribution in [0.25, 0.3) is 22.2 Å². The lowest BCUT2D eigenvalue weighted by molar-refractivity contribution is -0.123. The molecule has 7 rings (SSSR count). The molecule has 3 aromatic carbocycles.